The number of carboxylic acid groups (broad SMARTS) is 1. The Labute approximate surface area is 154 Å². The molecular weight excluding hydrogens is 380 g/mol. The van der Waals surface area contributed by atoms with Gasteiger partial charge in [-0.1, -0.05) is 23.1 Å². The second-order valence-corrected chi connectivity index (χ2v) is 6.92. The molecule has 0 unspecified atom stereocenters. The number of hydrogen-bond acceptors (Lipinski definition) is 8. The minimum absolute atomic E-state index is 0.0256. The summed E-state index contributed by atoms with van der Waals surface area (Å²) >= 11 is 2.19. The number of fused-ring (bicyclic) bond motifs is 1. The summed E-state index contributed by atoms with van der Waals surface area (Å²) in [6.07, 6.45) is 1.45. The maximum atomic E-state index is 12.1. The minimum Gasteiger partial charge on any atom is -0.478 e. The molecule has 0 aliphatic carbocycles. The van der Waals surface area contributed by atoms with Crippen molar-refractivity contribution in [3.8, 4) is 0 Å². The first-order chi connectivity index (χ1) is 12.4. The fraction of sp³-hybridized carbons (Fsp3) is 0.0667. The lowest BCUT2D eigenvalue weighted by Gasteiger charge is -2.04. The number of thiazole rings is 1. The van der Waals surface area contributed by atoms with E-state index in [4.69, 9.17) is 5.11 Å². The molecule has 0 radical (unpaired) electrons. The molecule has 0 saturated carbocycles. The lowest BCUT2D eigenvalue weighted by Crippen LogP contribution is -2.14. The highest BCUT2D eigenvalue weighted by atomic mass is 32.2. The van der Waals surface area contributed by atoms with Crippen molar-refractivity contribution in [3.63, 3.8) is 0 Å². The topological polar surface area (TPSA) is 135 Å². The SMILES string of the molecule is O=C(CSc1ncccc1C(=O)O)Nc1nc2cc([N+](=O)[O-])ccc2s1. The molecule has 2 aromatic heterocycles. The Morgan fingerprint density at radius 3 is 2.88 bits per heavy atom. The number of pyridine rings is 1. The largest absolute Gasteiger partial charge is 0.478 e. The molecule has 3 rings (SSSR count). The number of thioether (sulfide) groups is 1. The first kappa shape index (κ1) is 17.8. The second kappa shape index (κ2) is 7.45. The van der Waals surface area contributed by atoms with E-state index >= 15 is 0 Å². The molecule has 0 fully saturated rings. The summed E-state index contributed by atoms with van der Waals surface area (Å²) in [5.41, 5.74) is 0.371. The highest BCUT2D eigenvalue weighted by Gasteiger charge is 2.15. The van der Waals surface area contributed by atoms with Gasteiger partial charge < -0.3 is 10.4 Å². The number of nitro groups is 1. The highest BCUT2D eigenvalue weighted by molar-refractivity contribution is 8.00. The van der Waals surface area contributed by atoms with Gasteiger partial charge in [-0.25, -0.2) is 14.8 Å². The average molecular weight is 390 g/mol. The van der Waals surface area contributed by atoms with Crippen molar-refractivity contribution >= 4 is 56.0 Å². The van der Waals surface area contributed by atoms with E-state index in [0.29, 0.717) is 15.3 Å². The minimum atomic E-state index is -1.12. The zero-order valence-electron chi connectivity index (χ0n) is 12.9. The van der Waals surface area contributed by atoms with Crippen molar-refractivity contribution < 1.29 is 19.6 Å². The number of anilines is 1. The third kappa shape index (κ3) is 3.95. The van der Waals surface area contributed by atoms with E-state index in [9.17, 15) is 19.7 Å². The van der Waals surface area contributed by atoms with Crippen LogP contribution in [0.3, 0.4) is 0 Å². The molecule has 1 aromatic carbocycles. The number of nitrogens with zero attached hydrogens (tertiary/aromatic N) is 3. The molecule has 11 heteroatoms. The number of nitrogens with one attached hydrogen (secondary N) is 1. The second-order valence-electron chi connectivity index (χ2n) is 4.93. The molecule has 0 aliphatic heterocycles. The number of carbonyl (C=O) groups is 2. The van der Waals surface area contributed by atoms with Crippen LogP contribution in [0.25, 0.3) is 10.2 Å². The van der Waals surface area contributed by atoms with Gasteiger partial charge in [-0.2, -0.15) is 0 Å². The average Bonchev–Trinajstić information content (AvgIpc) is 3.01. The van der Waals surface area contributed by atoms with E-state index in [-0.39, 0.29) is 27.9 Å². The Kier molecular flexibility index (Phi) is 5.09. The molecule has 0 spiro atoms. The van der Waals surface area contributed by atoms with Gasteiger partial charge in [-0.05, 0) is 18.2 Å². The Bertz CT molecular complexity index is 1020. The van der Waals surface area contributed by atoms with E-state index < -0.39 is 10.9 Å². The molecule has 2 N–H and O–H groups in total. The lowest BCUT2D eigenvalue weighted by atomic mass is 10.3. The van der Waals surface area contributed by atoms with Crippen LogP contribution in [0.1, 0.15) is 10.4 Å². The summed E-state index contributed by atoms with van der Waals surface area (Å²) in [6.45, 7) is 0. The van der Waals surface area contributed by atoms with Crippen LogP contribution in [-0.2, 0) is 4.79 Å². The number of non-ortho nitro benzene ring substituents is 1. The van der Waals surface area contributed by atoms with Crippen LogP contribution in [0, 0.1) is 10.1 Å². The molecule has 3 aromatic rings. The molecule has 1 amide bonds. The molecule has 0 bridgehead atoms. The van der Waals surface area contributed by atoms with E-state index in [0.717, 1.165) is 11.8 Å². The van der Waals surface area contributed by atoms with Crippen LogP contribution in [0.2, 0.25) is 0 Å². The molecule has 0 atom stereocenters. The predicted molar refractivity (Wildman–Crippen MR) is 96.8 cm³/mol. The van der Waals surface area contributed by atoms with E-state index in [1.807, 2.05) is 0 Å². The number of nitro benzene ring substituents is 1. The van der Waals surface area contributed by atoms with Gasteiger partial charge in [0.1, 0.15) is 5.03 Å². The van der Waals surface area contributed by atoms with Gasteiger partial charge in [0.15, 0.2) is 5.13 Å². The molecule has 2 heterocycles. The maximum Gasteiger partial charge on any atom is 0.338 e. The summed E-state index contributed by atoms with van der Waals surface area (Å²) in [4.78, 5) is 41.6. The van der Waals surface area contributed by atoms with Crippen LogP contribution < -0.4 is 5.32 Å². The zero-order chi connectivity index (χ0) is 18.7. The van der Waals surface area contributed by atoms with Crippen LogP contribution in [0.15, 0.2) is 41.6 Å². The van der Waals surface area contributed by atoms with Crippen molar-refractivity contribution in [1.29, 1.82) is 0 Å². The molecule has 132 valence electrons. The first-order valence-corrected chi connectivity index (χ1v) is 8.90. The van der Waals surface area contributed by atoms with Crippen molar-refractivity contribution in [3.05, 3.63) is 52.2 Å². The van der Waals surface area contributed by atoms with E-state index in [1.54, 1.807) is 6.07 Å². The summed E-state index contributed by atoms with van der Waals surface area (Å²) in [6, 6.07) is 7.20. The summed E-state index contributed by atoms with van der Waals surface area (Å²) < 4.78 is 0.705. The third-order valence-corrected chi connectivity index (χ3v) is 5.13. The summed E-state index contributed by atoms with van der Waals surface area (Å²) in [7, 11) is 0. The van der Waals surface area contributed by atoms with Crippen LogP contribution >= 0.6 is 23.1 Å². The quantitative estimate of drug-likeness (QED) is 0.372. The van der Waals surface area contributed by atoms with E-state index in [2.05, 4.69) is 15.3 Å². The normalized spacial score (nSPS) is 10.6. The van der Waals surface area contributed by atoms with Gasteiger partial charge in [-0.3, -0.25) is 14.9 Å². The number of amides is 1. The fourth-order valence-electron chi connectivity index (χ4n) is 2.04. The van der Waals surface area contributed by atoms with Crippen LogP contribution in [-0.4, -0.2) is 37.6 Å². The molecule has 9 nitrogen and oxygen atoms in total. The van der Waals surface area contributed by atoms with Gasteiger partial charge in [0.25, 0.3) is 5.69 Å². The maximum absolute atomic E-state index is 12.1. The standard InChI is InChI=1S/C15H10N4O5S2/c20-12(7-25-13-9(14(21)22)2-1-5-16-13)18-15-17-10-6-8(19(23)24)3-4-11(10)26-15/h1-6H,7H2,(H,21,22)(H,17,18,20). The Morgan fingerprint density at radius 1 is 1.35 bits per heavy atom. The lowest BCUT2D eigenvalue weighted by molar-refractivity contribution is -0.384. The van der Waals surface area contributed by atoms with Gasteiger partial charge in [-0.15, -0.1) is 0 Å². The third-order valence-electron chi connectivity index (χ3n) is 3.17. The number of carbonyl (C=O) groups excluding carboxylic acids is 1. The van der Waals surface area contributed by atoms with Crippen LogP contribution in [0.5, 0.6) is 0 Å². The molecular formula is C15H10N4O5S2. The van der Waals surface area contributed by atoms with Crippen molar-refractivity contribution in [2.45, 2.75) is 5.03 Å². The molecule has 26 heavy (non-hydrogen) atoms. The van der Waals surface area contributed by atoms with Crippen molar-refractivity contribution in [2.24, 2.45) is 0 Å². The number of carboxylic acids is 1. The Hall–Kier alpha value is -3.05. The number of rotatable bonds is 6. The van der Waals surface area contributed by atoms with Crippen LogP contribution in [0.4, 0.5) is 10.8 Å². The van der Waals surface area contributed by atoms with E-state index in [1.165, 1.54) is 41.8 Å². The monoisotopic (exact) mass is 390 g/mol. The van der Waals surface area contributed by atoms with Gasteiger partial charge >= 0.3 is 5.97 Å². The smallest absolute Gasteiger partial charge is 0.338 e. The number of aromatic carboxylic acids is 1. The van der Waals surface area contributed by atoms with Gasteiger partial charge in [0.05, 0.1) is 26.5 Å². The van der Waals surface area contributed by atoms with Gasteiger partial charge in [0.2, 0.25) is 5.91 Å². The van der Waals surface area contributed by atoms with Crippen molar-refractivity contribution in [2.75, 3.05) is 11.1 Å². The summed E-state index contributed by atoms with van der Waals surface area (Å²) in [5, 5.41) is 23.0. The Morgan fingerprint density at radius 2 is 2.15 bits per heavy atom. The zero-order valence-corrected chi connectivity index (χ0v) is 14.5. The molecule has 0 aliphatic rings. The predicted octanol–water partition coefficient (Wildman–Crippen LogP) is 3.03. The first-order valence-electron chi connectivity index (χ1n) is 7.10. The number of aromatic nitrogens is 2. The molecule has 0 saturated heterocycles. The van der Waals surface area contributed by atoms with Gasteiger partial charge in [0, 0.05) is 18.3 Å². The fourth-order valence-corrected chi connectivity index (χ4v) is 3.69. The highest BCUT2D eigenvalue weighted by Crippen LogP contribution is 2.29. The van der Waals surface area contributed by atoms with Crippen molar-refractivity contribution in [1.82, 2.24) is 9.97 Å². The Balaban J connectivity index is 1.68. The summed E-state index contributed by atoms with van der Waals surface area (Å²) in [5.74, 6) is -1.55. The number of hydrogen-bond donors (Lipinski definition) is 2. The number of benzene rings is 1.